The molecule has 0 aromatic carbocycles. The van der Waals surface area contributed by atoms with Gasteiger partial charge in [-0.3, -0.25) is 9.59 Å². The summed E-state index contributed by atoms with van der Waals surface area (Å²) in [5.74, 6) is -1.09. The Balaban J connectivity index is 3.58. The van der Waals surface area contributed by atoms with Gasteiger partial charge < -0.3 is 14.6 Å². The minimum atomic E-state index is -0.891. The number of ether oxygens (including phenoxy) is 2. The molecular formula is C13H24O5. The molecule has 5 heteroatoms. The molecule has 5 nitrogen and oxygen atoms in total. The topological polar surface area (TPSA) is 72.8 Å². The largest absolute Gasteiger partial charge is 0.481 e. The fourth-order valence-electron chi connectivity index (χ4n) is 1.52. The summed E-state index contributed by atoms with van der Waals surface area (Å²) < 4.78 is 10.1. The third kappa shape index (κ3) is 8.98. The van der Waals surface area contributed by atoms with Gasteiger partial charge >= 0.3 is 11.9 Å². The molecular weight excluding hydrogens is 236 g/mol. The molecule has 0 heterocycles. The zero-order valence-electron chi connectivity index (χ0n) is 11.3. The molecule has 18 heavy (non-hydrogen) atoms. The zero-order chi connectivity index (χ0) is 13.8. The van der Waals surface area contributed by atoms with Gasteiger partial charge in [-0.05, 0) is 12.8 Å². The first-order valence-electron chi connectivity index (χ1n) is 6.57. The van der Waals surface area contributed by atoms with Crippen molar-refractivity contribution in [2.75, 3.05) is 19.8 Å². The number of rotatable bonds is 11. The van der Waals surface area contributed by atoms with E-state index in [9.17, 15) is 9.59 Å². The number of carbonyl (C=O) groups is 2. The molecule has 1 atom stereocenters. The predicted molar refractivity (Wildman–Crippen MR) is 67.3 cm³/mol. The van der Waals surface area contributed by atoms with Crippen LogP contribution in [-0.4, -0.2) is 36.9 Å². The lowest BCUT2D eigenvalue weighted by Gasteiger charge is -2.13. The van der Waals surface area contributed by atoms with Gasteiger partial charge in [0.1, 0.15) is 6.61 Å². The maximum Gasteiger partial charge on any atom is 0.308 e. The lowest BCUT2D eigenvalue weighted by molar-refractivity contribution is -0.151. The smallest absolute Gasteiger partial charge is 0.308 e. The van der Waals surface area contributed by atoms with E-state index >= 15 is 0 Å². The van der Waals surface area contributed by atoms with Gasteiger partial charge in [-0.1, -0.05) is 26.7 Å². The zero-order valence-corrected chi connectivity index (χ0v) is 11.3. The van der Waals surface area contributed by atoms with Crippen LogP contribution in [0.4, 0.5) is 0 Å². The number of aliphatic carboxylic acids is 1. The van der Waals surface area contributed by atoms with Crippen molar-refractivity contribution in [3.8, 4) is 0 Å². The summed E-state index contributed by atoms with van der Waals surface area (Å²) in [4.78, 5) is 21.9. The summed E-state index contributed by atoms with van der Waals surface area (Å²) in [6, 6.07) is 0. The highest BCUT2D eigenvalue weighted by molar-refractivity contribution is 5.72. The second-order valence-electron chi connectivity index (χ2n) is 4.17. The molecule has 0 spiro atoms. The van der Waals surface area contributed by atoms with Crippen LogP contribution >= 0.6 is 0 Å². The van der Waals surface area contributed by atoms with E-state index in [0.29, 0.717) is 0 Å². The van der Waals surface area contributed by atoms with Crippen molar-refractivity contribution in [2.45, 2.75) is 46.0 Å². The van der Waals surface area contributed by atoms with Gasteiger partial charge in [-0.15, -0.1) is 0 Å². The normalized spacial score (nSPS) is 12.1. The van der Waals surface area contributed by atoms with Gasteiger partial charge in [-0.25, -0.2) is 0 Å². The number of unbranched alkanes of at least 4 members (excludes halogenated alkanes) is 1. The van der Waals surface area contributed by atoms with Gasteiger partial charge in [0.2, 0.25) is 0 Å². The molecule has 0 saturated heterocycles. The fraction of sp³-hybridized carbons (Fsp3) is 0.846. The lowest BCUT2D eigenvalue weighted by Crippen LogP contribution is -2.19. The van der Waals surface area contributed by atoms with Gasteiger partial charge in [0.15, 0.2) is 0 Å². The Hall–Kier alpha value is -1.10. The summed E-state index contributed by atoms with van der Waals surface area (Å²) in [7, 11) is 0. The first-order chi connectivity index (χ1) is 8.61. The molecule has 0 rings (SSSR count). The summed E-state index contributed by atoms with van der Waals surface area (Å²) in [5.41, 5.74) is 0. The maximum atomic E-state index is 11.6. The van der Waals surface area contributed by atoms with E-state index in [0.717, 1.165) is 25.7 Å². The van der Waals surface area contributed by atoms with Crippen molar-refractivity contribution in [2.24, 2.45) is 5.92 Å². The highest BCUT2D eigenvalue weighted by atomic mass is 16.6. The molecule has 106 valence electrons. The lowest BCUT2D eigenvalue weighted by atomic mass is 10.00. The monoisotopic (exact) mass is 260 g/mol. The Morgan fingerprint density at radius 3 is 2.44 bits per heavy atom. The molecule has 0 fully saturated rings. The second kappa shape index (κ2) is 11.0. The Morgan fingerprint density at radius 2 is 1.89 bits per heavy atom. The Kier molecular flexibility index (Phi) is 10.3. The number of carboxylic acid groups (broad SMARTS) is 1. The van der Waals surface area contributed by atoms with Crippen LogP contribution in [-0.2, 0) is 19.1 Å². The number of carbonyl (C=O) groups excluding carboxylic acids is 1. The number of esters is 1. The van der Waals surface area contributed by atoms with Crippen molar-refractivity contribution < 1.29 is 24.2 Å². The molecule has 0 aromatic heterocycles. The minimum Gasteiger partial charge on any atom is -0.481 e. The highest BCUT2D eigenvalue weighted by Crippen LogP contribution is 2.14. The van der Waals surface area contributed by atoms with E-state index in [1.807, 2.05) is 6.92 Å². The number of carboxylic acids is 1. The standard InChI is InChI=1S/C13H24O5/c1-3-5-6-11(4-2)13(16)18-10-9-17-8-7-12(14)15/h11H,3-10H2,1-2H3,(H,14,15). The first-order valence-corrected chi connectivity index (χ1v) is 6.57. The molecule has 0 bridgehead atoms. The number of hydrogen-bond acceptors (Lipinski definition) is 4. The van der Waals surface area contributed by atoms with Crippen molar-refractivity contribution in [1.29, 1.82) is 0 Å². The Bertz CT molecular complexity index is 240. The minimum absolute atomic E-state index is 0.0241. The van der Waals surface area contributed by atoms with Crippen LogP contribution in [0.5, 0.6) is 0 Å². The molecule has 0 aromatic rings. The van der Waals surface area contributed by atoms with E-state index in [1.165, 1.54) is 0 Å². The summed E-state index contributed by atoms with van der Waals surface area (Å²) in [6.07, 6.45) is 3.73. The van der Waals surface area contributed by atoms with Gasteiger partial charge in [-0.2, -0.15) is 0 Å². The van der Waals surface area contributed by atoms with Crippen LogP contribution in [0.3, 0.4) is 0 Å². The van der Waals surface area contributed by atoms with Crippen LogP contribution in [0.2, 0.25) is 0 Å². The van der Waals surface area contributed by atoms with E-state index in [1.54, 1.807) is 0 Å². The summed E-state index contributed by atoms with van der Waals surface area (Å²) >= 11 is 0. The predicted octanol–water partition coefficient (Wildman–Crippen LogP) is 2.24. The molecule has 0 aliphatic carbocycles. The first kappa shape index (κ1) is 16.9. The SMILES string of the molecule is CCCCC(CC)C(=O)OCCOCCC(=O)O. The van der Waals surface area contributed by atoms with Gasteiger partial charge in [0.05, 0.1) is 25.6 Å². The molecule has 0 aliphatic rings. The Morgan fingerprint density at radius 1 is 1.17 bits per heavy atom. The Labute approximate surface area is 108 Å². The van der Waals surface area contributed by atoms with Gasteiger partial charge in [0.25, 0.3) is 0 Å². The van der Waals surface area contributed by atoms with Crippen molar-refractivity contribution in [1.82, 2.24) is 0 Å². The van der Waals surface area contributed by atoms with Crippen LogP contribution in [0.25, 0.3) is 0 Å². The quantitative estimate of drug-likeness (QED) is 0.455. The van der Waals surface area contributed by atoms with Crippen LogP contribution in [0.15, 0.2) is 0 Å². The third-order valence-electron chi connectivity index (χ3n) is 2.66. The third-order valence-corrected chi connectivity index (χ3v) is 2.66. The van der Waals surface area contributed by atoms with E-state index < -0.39 is 5.97 Å². The van der Waals surface area contributed by atoms with E-state index in [2.05, 4.69) is 6.92 Å². The average molecular weight is 260 g/mol. The van der Waals surface area contributed by atoms with Crippen molar-refractivity contribution in [3.05, 3.63) is 0 Å². The second-order valence-corrected chi connectivity index (χ2v) is 4.17. The van der Waals surface area contributed by atoms with Crippen LogP contribution < -0.4 is 0 Å². The molecule has 1 N–H and O–H groups in total. The summed E-state index contributed by atoms with van der Waals surface area (Å²) in [5, 5.41) is 8.38. The molecule has 0 amide bonds. The van der Waals surface area contributed by atoms with Crippen LogP contribution in [0, 0.1) is 5.92 Å². The molecule has 0 aliphatic heterocycles. The van der Waals surface area contributed by atoms with E-state index in [-0.39, 0.29) is 38.1 Å². The average Bonchev–Trinajstić information content (AvgIpc) is 2.34. The maximum absolute atomic E-state index is 11.6. The molecule has 0 saturated carbocycles. The molecule has 1 unspecified atom stereocenters. The van der Waals surface area contributed by atoms with Crippen molar-refractivity contribution in [3.63, 3.8) is 0 Å². The number of hydrogen-bond donors (Lipinski definition) is 1. The summed E-state index contributed by atoms with van der Waals surface area (Å²) in [6.45, 7) is 4.67. The van der Waals surface area contributed by atoms with Gasteiger partial charge in [0, 0.05) is 0 Å². The van der Waals surface area contributed by atoms with Crippen molar-refractivity contribution >= 4 is 11.9 Å². The van der Waals surface area contributed by atoms with Crippen LogP contribution in [0.1, 0.15) is 46.0 Å². The van der Waals surface area contributed by atoms with E-state index in [4.69, 9.17) is 14.6 Å². The fourth-order valence-corrected chi connectivity index (χ4v) is 1.52. The molecule has 0 radical (unpaired) electrons. The highest BCUT2D eigenvalue weighted by Gasteiger charge is 2.16.